The highest BCUT2D eigenvalue weighted by Crippen LogP contribution is 2.25. The van der Waals surface area contributed by atoms with Gasteiger partial charge in [0.15, 0.2) is 6.04 Å². The van der Waals surface area contributed by atoms with Crippen molar-refractivity contribution in [2.24, 2.45) is 0 Å². The molecule has 0 saturated carbocycles. The Morgan fingerprint density at radius 2 is 1.87 bits per heavy atom. The van der Waals surface area contributed by atoms with Crippen LogP contribution >= 0.6 is 11.8 Å². The lowest BCUT2D eigenvalue weighted by Gasteiger charge is -2.17. The molecule has 0 saturated heterocycles. The number of carbonyl (C=O) groups is 2. The van der Waals surface area contributed by atoms with Gasteiger partial charge in [-0.1, -0.05) is 30.0 Å². The van der Waals surface area contributed by atoms with Crippen LogP contribution < -0.4 is 10.1 Å². The molecule has 0 aliphatic carbocycles. The van der Waals surface area contributed by atoms with E-state index in [1.807, 2.05) is 0 Å². The largest absolute Gasteiger partial charge is 0.497 e. The molecule has 30 heavy (non-hydrogen) atoms. The summed E-state index contributed by atoms with van der Waals surface area (Å²) in [6.07, 6.45) is 0. The normalized spacial score (nSPS) is 11.6. The van der Waals surface area contributed by atoms with Gasteiger partial charge in [-0.05, 0) is 30.3 Å². The Morgan fingerprint density at radius 1 is 1.13 bits per heavy atom. The van der Waals surface area contributed by atoms with E-state index < -0.39 is 23.7 Å². The SMILES string of the molecule is COC(=O)[C@@H](NC(=O)CSc1nnc(-c2ccc(OC)cc2)o1)c1ccccc1F. The van der Waals surface area contributed by atoms with Crippen LogP contribution in [-0.2, 0) is 14.3 Å². The van der Waals surface area contributed by atoms with Crippen LogP contribution in [0.15, 0.2) is 58.2 Å². The summed E-state index contributed by atoms with van der Waals surface area (Å²) in [6, 6.07) is 11.4. The van der Waals surface area contributed by atoms with Crippen molar-refractivity contribution in [2.45, 2.75) is 11.3 Å². The Bertz CT molecular complexity index is 1030. The molecule has 3 aromatic rings. The Morgan fingerprint density at radius 3 is 2.53 bits per heavy atom. The predicted molar refractivity (Wildman–Crippen MR) is 106 cm³/mol. The first-order valence-electron chi connectivity index (χ1n) is 8.74. The van der Waals surface area contributed by atoms with E-state index in [9.17, 15) is 14.0 Å². The molecule has 10 heteroatoms. The molecule has 0 bridgehead atoms. The summed E-state index contributed by atoms with van der Waals surface area (Å²) in [5, 5.41) is 10.5. The van der Waals surface area contributed by atoms with Crippen LogP contribution in [0.1, 0.15) is 11.6 Å². The minimum absolute atomic E-state index is 0.0160. The van der Waals surface area contributed by atoms with Gasteiger partial charge in [-0.2, -0.15) is 0 Å². The van der Waals surface area contributed by atoms with E-state index in [1.54, 1.807) is 37.4 Å². The zero-order valence-corrected chi connectivity index (χ0v) is 16.9. The summed E-state index contributed by atoms with van der Waals surface area (Å²) in [5.74, 6) is -1.06. The van der Waals surface area contributed by atoms with Gasteiger partial charge >= 0.3 is 5.97 Å². The van der Waals surface area contributed by atoms with E-state index in [0.717, 1.165) is 18.9 Å². The van der Waals surface area contributed by atoms with E-state index in [2.05, 4.69) is 20.3 Å². The average Bonchev–Trinajstić information content (AvgIpc) is 3.25. The molecule has 0 aliphatic heterocycles. The van der Waals surface area contributed by atoms with Crippen LogP contribution in [0.25, 0.3) is 11.5 Å². The second-order valence-electron chi connectivity index (χ2n) is 5.94. The highest BCUT2D eigenvalue weighted by atomic mass is 32.2. The van der Waals surface area contributed by atoms with E-state index in [-0.39, 0.29) is 16.5 Å². The fraction of sp³-hybridized carbons (Fsp3) is 0.200. The zero-order valence-electron chi connectivity index (χ0n) is 16.1. The first kappa shape index (κ1) is 21.3. The summed E-state index contributed by atoms with van der Waals surface area (Å²) >= 11 is 0.989. The molecule has 1 N–H and O–H groups in total. The van der Waals surface area contributed by atoms with Crippen molar-refractivity contribution in [3.8, 4) is 17.2 Å². The number of benzene rings is 2. The Labute approximate surface area is 175 Å². The smallest absolute Gasteiger partial charge is 0.333 e. The summed E-state index contributed by atoms with van der Waals surface area (Å²) < 4.78 is 29.4. The zero-order chi connectivity index (χ0) is 21.5. The Balaban J connectivity index is 1.62. The number of esters is 1. The number of ether oxygens (including phenoxy) is 2. The van der Waals surface area contributed by atoms with Crippen LogP contribution in [0.5, 0.6) is 5.75 Å². The summed E-state index contributed by atoms with van der Waals surface area (Å²) in [4.78, 5) is 24.3. The molecule has 156 valence electrons. The van der Waals surface area contributed by atoms with Crippen LogP contribution in [0.2, 0.25) is 0 Å². The Kier molecular flexibility index (Phi) is 7.02. The van der Waals surface area contributed by atoms with Crippen LogP contribution in [0.4, 0.5) is 4.39 Å². The molecule has 3 rings (SSSR count). The molecule has 0 spiro atoms. The first-order valence-corrected chi connectivity index (χ1v) is 9.72. The first-order chi connectivity index (χ1) is 14.5. The van der Waals surface area contributed by atoms with Crippen molar-refractivity contribution in [3.63, 3.8) is 0 Å². The molecule has 2 aromatic carbocycles. The fourth-order valence-electron chi connectivity index (χ4n) is 2.54. The molecular formula is C20H18FN3O5S. The highest BCUT2D eigenvalue weighted by Gasteiger charge is 2.26. The van der Waals surface area contributed by atoms with Crippen LogP contribution in [0, 0.1) is 5.82 Å². The number of nitrogens with one attached hydrogen (secondary N) is 1. The number of thioether (sulfide) groups is 1. The second kappa shape index (κ2) is 9.88. The number of hydrogen-bond acceptors (Lipinski definition) is 8. The van der Waals surface area contributed by atoms with Gasteiger partial charge in [-0.25, -0.2) is 9.18 Å². The minimum Gasteiger partial charge on any atom is -0.497 e. The van der Waals surface area contributed by atoms with Crippen molar-refractivity contribution in [2.75, 3.05) is 20.0 Å². The van der Waals surface area contributed by atoms with Crippen LogP contribution in [-0.4, -0.2) is 42.0 Å². The van der Waals surface area contributed by atoms with Crippen molar-refractivity contribution in [1.29, 1.82) is 0 Å². The maximum absolute atomic E-state index is 14.0. The highest BCUT2D eigenvalue weighted by molar-refractivity contribution is 7.99. The summed E-state index contributed by atoms with van der Waals surface area (Å²) in [6.45, 7) is 0. The lowest BCUT2D eigenvalue weighted by molar-refractivity contribution is -0.145. The molecule has 0 fully saturated rings. The van der Waals surface area contributed by atoms with E-state index >= 15 is 0 Å². The molecule has 1 aromatic heterocycles. The monoisotopic (exact) mass is 431 g/mol. The maximum Gasteiger partial charge on any atom is 0.333 e. The molecular weight excluding hydrogens is 413 g/mol. The van der Waals surface area contributed by atoms with Gasteiger partial charge in [0.2, 0.25) is 11.8 Å². The molecule has 0 unspecified atom stereocenters. The standard InChI is InChI=1S/C20H18FN3O5S/c1-27-13-9-7-12(8-10-13)18-23-24-20(29-18)30-11-16(25)22-17(19(26)28-2)14-5-3-4-6-15(14)21/h3-10,17H,11H2,1-2H3,(H,22,25)/t17-/m0/s1. The number of methoxy groups -OCH3 is 2. The molecule has 0 aliphatic rings. The third-order valence-corrected chi connectivity index (χ3v) is 4.85. The number of carbonyl (C=O) groups excluding carboxylic acids is 2. The average molecular weight is 431 g/mol. The van der Waals surface area contributed by atoms with Gasteiger partial charge in [0.05, 0.1) is 20.0 Å². The molecule has 0 radical (unpaired) electrons. The lowest BCUT2D eigenvalue weighted by atomic mass is 10.1. The number of hydrogen-bond donors (Lipinski definition) is 1. The molecule has 1 heterocycles. The number of aromatic nitrogens is 2. The summed E-state index contributed by atoms with van der Waals surface area (Å²) in [5.41, 5.74) is 0.715. The molecule has 8 nitrogen and oxygen atoms in total. The third kappa shape index (κ3) is 5.15. The van der Waals surface area contributed by atoms with Gasteiger partial charge in [-0.3, -0.25) is 4.79 Å². The van der Waals surface area contributed by atoms with Gasteiger partial charge in [0, 0.05) is 11.1 Å². The van der Waals surface area contributed by atoms with Crippen molar-refractivity contribution in [1.82, 2.24) is 15.5 Å². The number of amides is 1. The van der Waals surface area contributed by atoms with E-state index in [0.29, 0.717) is 17.2 Å². The Hall–Kier alpha value is -3.40. The van der Waals surface area contributed by atoms with E-state index in [1.165, 1.54) is 18.2 Å². The van der Waals surface area contributed by atoms with Gasteiger partial charge in [0.1, 0.15) is 11.6 Å². The van der Waals surface area contributed by atoms with E-state index in [4.69, 9.17) is 9.15 Å². The van der Waals surface area contributed by atoms with Crippen molar-refractivity contribution in [3.05, 3.63) is 59.9 Å². The molecule has 1 atom stereocenters. The lowest BCUT2D eigenvalue weighted by Crippen LogP contribution is -2.36. The fourth-order valence-corrected chi connectivity index (χ4v) is 3.11. The maximum atomic E-state index is 14.0. The second-order valence-corrected chi connectivity index (χ2v) is 6.86. The van der Waals surface area contributed by atoms with Gasteiger partial charge < -0.3 is 19.2 Å². The number of nitrogens with zero attached hydrogens (tertiary/aromatic N) is 2. The van der Waals surface area contributed by atoms with Crippen LogP contribution in [0.3, 0.4) is 0 Å². The van der Waals surface area contributed by atoms with Crippen molar-refractivity contribution < 1.29 is 27.9 Å². The predicted octanol–water partition coefficient (Wildman–Crippen LogP) is 3.01. The quantitative estimate of drug-likeness (QED) is 0.429. The van der Waals surface area contributed by atoms with Gasteiger partial charge in [-0.15, -0.1) is 10.2 Å². The van der Waals surface area contributed by atoms with Crippen molar-refractivity contribution >= 4 is 23.6 Å². The van der Waals surface area contributed by atoms with Gasteiger partial charge in [0.25, 0.3) is 5.22 Å². The minimum atomic E-state index is -1.26. The summed E-state index contributed by atoms with van der Waals surface area (Å²) in [7, 11) is 2.73. The number of halogens is 1. The topological polar surface area (TPSA) is 104 Å². The number of rotatable bonds is 8. The molecule has 1 amide bonds. The third-order valence-electron chi connectivity index (χ3n) is 4.03.